The number of carbonyl (C=O) groups is 7. The summed E-state index contributed by atoms with van der Waals surface area (Å²) >= 11 is 0. The van der Waals surface area contributed by atoms with Crippen LogP contribution in [0.5, 0.6) is 0 Å². The summed E-state index contributed by atoms with van der Waals surface area (Å²) in [6.07, 6.45) is -0.464. The first-order valence-electron chi connectivity index (χ1n) is 16.6. The standard InChI is InChI=1S/C36H48O12/c1-18(9-8-10-19(2)31(45)46)20-13-24(39)36(7)27-21(37)14-22-33(4,28(27)29(43)30(44)35(20,36)6)12-11-23(38)34(22,5)17-48-26(42)16-32(3,47)15-25(40)41/h10,18,20,22,30,44,47H,8-9,11-17H2,1-7H3,(H,40,41)(H,45,46)/b19-10+/t18-,20-,22-,30?,32?,33+,34+,35+,36+/m1/s1. The van der Waals surface area contributed by atoms with Crippen LogP contribution in [0.15, 0.2) is 22.8 Å². The summed E-state index contributed by atoms with van der Waals surface area (Å²) in [5.74, 6) is -6.44. The number of hydrogen-bond donors (Lipinski definition) is 4. The molecule has 2 fully saturated rings. The summed E-state index contributed by atoms with van der Waals surface area (Å²) in [5.41, 5.74) is -6.91. The predicted octanol–water partition coefficient (Wildman–Crippen LogP) is 3.40. The molecule has 0 heterocycles. The molecule has 9 atom stereocenters. The molecule has 0 aliphatic heterocycles. The van der Waals surface area contributed by atoms with Crippen LogP contribution in [0, 0.1) is 39.4 Å². The van der Waals surface area contributed by atoms with Crippen molar-refractivity contribution in [2.75, 3.05) is 6.61 Å². The number of ether oxygens (including phenoxy) is 1. The molecule has 0 radical (unpaired) electrons. The molecule has 0 aromatic rings. The summed E-state index contributed by atoms with van der Waals surface area (Å²) in [6, 6.07) is 0. The van der Waals surface area contributed by atoms with Crippen molar-refractivity contribution in [3.05, 3.63) is 22.8 Å². The van der Waals surface area contributed by atoms with E-state index in [2.05, 4.69) is 0 Å². The highest BCUT2D eigenvalue weighted by Gasteiger charge is 2.74. The van der Waals surface area contributed by atoms with Crippen molar-refractivity contribution in [3.8, 4) is 0 Å². The molecule has 4 rings (SSSR count). The van der Waals surface area contributed by atoms with Gasteiger partial charge in [-0.25, -0.2) is 4.79 Å². The monoisotopic (exact) mass is 672 g/mol. The van der Waals surface area contributed by atoms with Gasteiger partial charge in [0.05, 0.1) is 29.3 Å². The molecule has 48 heavy (non-hydrogen) atoms. The minimum absolute atomic E-state index is 0.0169. The molecular weight excluding hydrogens is 624 g/mol. The molecule has 264 valence electrons. The maximum atomic E-state index is 14.4. The van der Waals surface area contributed by atoms with Crippen LogP contribution >= 0.6 is 0 Å². The van der Waals surface area contributed by atoms with Gasteiger partial charge in [-0.05, 0) is 64.7 Å². The molecule has 2 unspecified atom stereocenters. The molecular formula is C36H48O12. The smallest absolute Gasteiger partial charge is 0.330 e. The van der Waals surface area contributed by atoms with Gasteiger partial charge in [-0.15, -0.1) is 0 Å². The minimum Gasteiger partial charge on any atom is -0.481 e. The van der Waals surface area contributed by atoms with Gasteiger partial charge in [0.25, 0.3) is 0 Å². The van der Waals surface area contributed by atoms with Crippen LogP contribution in [0.25, 0.3) is 0 Å². The van der Waals surface area contributed by atoms with Crippen molar-refractivity contribution in [2.45, 2.75) is 112 Å². The first-order valence-corrected chi connectivity index (χ1v) is 16.6. The first-order chi connectivity index (χ1) is 22.0. The minimum atomic E-state index is -1.89. The Morgan fingerprint density at radius 3 is 2.21 bits per heavy atom. The van der Waals surface area contributed by atoms with E-state index in [0.29, 0.717) is 12.8 Å². The Balaban J connectivity index is 1.71. The lowest BCUT2D eigenvalue weighted by Gasteiger charge is -2.59. The number of rotatable bonds is 11. The van der Waals surface area contributed by atoms with Crippen LogP contribution < -0.4 is 0 Å². The predicted molar refractivity (Wildman–Crippen MR) is 169 cm³/mol. The number of aliphatic hydroxyl groups is 2. The van der Waals surface area contributed by atoms with Crippen LogP contribution in [0.1, 0.15) is 99.8 Å². The van der Waals surface area contributed by atoms with Crippen LogP contribution in [0.3, 0.4) is 0 Å². The Labute approximate surface area is 280 Å². The van der Waals surface area contributed by atoms with Gasteiger partial charge in [-0.3, -0.25) is 28.8 Å². The van der Waals surface area contributed by atoms with Crippen molar-refractivity contribution in [2.24, 2.45) is 39.4 Å². The van der Waals surface area contributed by atoms with Gasteiger partial charge in [-0.2, -0.15) is 0 Å². The van der Waals surface area contributed by atoms with E-state index in [1.807, 2.05) is 6.92 Å². The molecule has 0 aromatic heterocycles. The second kappa shape index (κ2) is 12.4. The van der Waals surface area contributed by atoms with Crippen molar-refractivity contribution in [1.82, 2.24) is 0 Å². The molecule has 4 aliphatic carbocycles. The number of carbonyl (C=O) groups excluding carboxylic acids is 5. The number of allylic oxidation sites excluding steroid dienone is 2. The molecule has 12 nitrogen and oxygen atoms in total. The van der Waals surface area contributed by atoms with Crippen molar-refractivity contribution in [1.29, 1.82) is 0 Å². The van der Waals surface area contributed by atoms with Gasteiger partial charge in [0.2, 0.25) is 0 Å². The highest BCUT2D eigenvalue weighted by molar-refractivity contribution is 6.18. The SMILES string of the molecule is C/C(=C\CC[C@@H](C)[C@H]1CC(=O)[C@@]2(C)C3=C(C(=O)C(O)[C@]12C)[C@@]1(C)CCC(=O)[C@@](C)(COC(=O)CC(C)(O)CC(=O)O)[C@@H]1CC3=O)C(=O)O. The number of Topliss-reactive ketones (excluding diaryl/α,β-unsaturated/α-hetero) is 4. The fraction of sp³-hybridized carbons (Fsp3) is 0.694. The maximum Gasteiger partial charge on any atom is 0.330 e. The second-order valence-corrected chi connectivity index (χ2v) is 15.7. The number of ketones is 4. The van der Waals surface area contributed by atoms with E-state index in [9.17, 15) is 48.9 Å². The van der Waals surface area contributed by atoms with E-state index in [4.69, 9.17) is 9.84 Å². The van der Waals surface area contributed by atoms with Crippen molar-refractivity contribution >= 4 is 41.0 Å². The van der Waals surface area contributed by atoms with Gasteiger partial charge in [0.1, 0.15) is 24.3 Å². The Bertz CT molecular complexity index is 1530. The van der Waals surface area contributed by atoms with Gasteiger partial charge >= 0.3 is 17.9 Å². The number of carboxylic acids is 2. The van der Waals surface area contributed by atoms with E-state index in [0.717, 1.165) is 0 Å². The number of aliphatic hydroxyl groups excluding tert-OH is 1. The lowest BCUT2D eigenvalue weighted by Crippen LogP contribution is -2.64. The van der Waals surface area contributed by atoms with Gasteiger partial charge < -0.3 is 25.2 Å². The van der Waals surface area contributed by atoms with Gasteiger partial charge in [0, 0.05) is 46.8 Å². The number of fused-ring (bicyclic) bond motifs is 4. The summed E-state index contributed by atoms with van der Waals surface area (Å²) in [7, 11) is 0. The zero-order chi connectivity index (χ0) is 36.4. The molecule has 0 bridgehead atoms. The van der Waals surface area contributed by atoms with Crippen LogP contribution in [-0.4, -0.2) is 79.8 Å². The van der Waals surface area contributed by atoms with E-state index < -0.39 is 94.1 Å². The second-order valence-electron chi connectivity index (χ2n) is 15.7. The number of esters is 1. The Morgan fingerprint density at radius 2 is 1.62 bits per heavy atom. The zero-order valence-corrected chi connectivity index (χ0v) is 28.8. The fourth-order valence-electron chi connectivity index (χ4n) is 9.51. The largest absolute Gasteiger partial charge is 0.481 e. The lowest BCUT2D eigenvalue weighted by molar-refractivity contribution is -0.167. The summed E-state index contributed by atoms with van der Waals surface area (Å²) in [6.45, 7) is 10.8. The highest BCUT2D eigenvalue weighted by Crippen LogP contribution is 2.69. The van der Waals surface area contributed by atoms with E-state index >= 15 is 0 Å². The topological polar surface area (TPSA) is 210 Å². The molecule has 4 aliphatic rings. The quantitative estimate of drug-likeness (QED) is 0.184. The molecule has 0 spiro atoms. The average molecular weight is 673 g/mol. The highest BCUT2D eigenvalue weighted by atomic mass is 16.5. The molecule has 0 amide bonds. The van der Waals surface area contributed by atoms with Crippen molar-refractivity contribution < 1.29 is 58.7 Å². The Kier molecular flexibility index (Phi) is 9.66. The third-order valence-corrected chi connectivity index (χ3v) is 12.6. The summed E-state index contributed by atoms with van der Waals surface area (Å²) in [4.78, 5) is 91.4. The first kappa shape index (κ1) is 37.3. The fourth-order valence-corrected chi connectivity index (χ4v) is 9.51. The number of carboxylic acid groups (broad SMARTS) is 2. The van der Waals surface area contributed by atoms with E-state index in [1.54, 1.807) is 33.8 Å². The molecule has 0 aromatic carbocycles. The van der Waals surface area contributed by atoms with Crippen molar-refractivity contribution in [3.63, 3.8) is 0 Å². The number of hydrogen-bond acceptors (Lipinski definition) is 10. The Morgan fingerprint density at radius 1 is 1.00 bits per heavy atom. The third kappa shape index (κ3) is 5.68. The third-order valence-electron chi connectivity index (χ3n) is 12.6. The number of aliphatic carboxylic acids is 2. The molecule has 4 N–H and O–H groups in total. The van der Waals surface area contributed by atoms with Gasteiger partial charge in [-0.1, -0.05) is 26.8 Å². The van der Waals surface area contributed by atoms with E-state index in [-0.39, 0.29) is 59.9 Å². The normalized spacial score (nSPS) is 36.9. The molecule has 2 saturated carbocycles. The average Bonchev–Trinajstić information content (AvgIpc) is 3.19. The summed E-state index contributed by atoms with van der Waals surface area (Å²) in [5, 5.41) is 40.5. The van der Waals surface area contributed by atoms with Crippen LogP contribution in [0.2, 0.25) is 0 Å². The maximum absolute atomic E-state index is 14.4. The van der Waals surface area contributed by atoms with Crippen LogP contribution in [-0.2, 0) is 38.3 Å². The summed E-state index contributed by atoms with van der Waals surface area (Å²) < 4.78 is 5.44. The molecule has 12 heteroatoms. The molecule has 0 saturated heterocycles. The lowest BCUT2D eigenvalue weighted by atomic mass is 9.42. The van der Waals surface area contributed by atoms with Gasteiger partial charge in [0.15, 0.2) is 11.6 Å². The van der Waals surface area contributed by atoms with E-state index in [1.165, 1.54) is 13.8 Å². The van der Waals surface area contributed by atoms with Crippen LogP contribution in [0.4, 0.5) is 0 Å². The Hall–Kier alpha value is -3.51. The zero-order valence-electron chi connectivity index (χ0n) is 28.8.